The molecule has 1 aliphatic rings. The zero-order chi connectivity index (χ0) is 19.1. The zero-order valence-corrected chi connectivity index (χ0v) is 17.8. The SMILES string of the molecule is CCC(CC)[C@H](CNC(=O)Cc1csc(-c2ccsc2)n1)N1CCOCC1. The Labute approximate surface area is 169 Å². The molecule has 7 heteroatoms. The minimum absolute atomic E-state index is 0.0568. The van der Waals surface area contributed by atoms with E-state index >= 15 is 0 Å². The van der Waals surface area contributed by atoms with Crippen molar-refractivity contribution in [2.24, 2.45) is 5.92 Å². The first-order chi connectivity index (χ1) is 13.2. The van der Waals surface area contributed by atoms with Crippen LogP contribution in [-0.2, 0) is 16.0 Å². The Morgan fingerprint density at radius 2 is 2.07 bits per heavy atom. The van der Waals surface area contributed by atoms with Crippen molar-refractivity contribution in [3.05, 3.63) is 27.9 Å². The molecule has 2 aromatic rings. The molecule has 2 aromatic heterocycles. The number of aromatic nitrogens is 1. The Morgan fingerprint density at radius 1 is 1.30 bits per heavy atom. The molecule has 0 aromatic carbocycles. The maximum absolute atomic E-state index is 12.5. The van der Waals surface area contributed by atoms with Gasteiger partial charge in [0.2, 0.25) is 5.91 Å². The van der Waals surface area contributed by atoms with E-state index in [1.807, 2.05) is 10.8 Å². The van der Waals surface area contributed by atoms with Gasteiger partial charge in [0, 0.05) is 42.0 Å². The summed E-state index contributed by atoms with van der Waals surface area (Å²) in [5, 5.41) is 10.3. The first-order valence-corrected chi connectivity index (χ1v) is 11.6. The van der Waals surface area contributed by atoms with E-state index in [0.29, 0.717) is 24.9 Å². The fraction of sp³-hybridized carbons (Fsp3) is 0.600. The number of hydrogen-bond acceptors (Lipinski definition) is 6. The molecule has 148 valence electrons. The number of rotatable bonds is 9. The van der Waals surface area contributed by atoms with E-state index in [4.69, 9.17) is 4.74 Å². The summed E-state index contributed by atoms with van der Waals surface area (Å²) in [6.07, 6.45) is 2.61. The molecule has 1 fully saturated rings. The van der Waals surface area contributed by atoms with E-state index in [2.05, 4.69) is 40.5 Å². The smallest absolute Gasteiger partial charge is 0.226 e. The normalized spacial score (nSPS) is 16.6. The van der Waals surface area contributed by atoms with Crippen LogP contribution in [0.2, 0.25) is 0 Å². The van der Waals surface area contributed by atoms with Gasteiger partial charge in [0.1, 0.15) is 5.01 Å². The standard InChI is InChI=1S/C20H29N3O2S2/c1-3-15(4-2)18(23-6-8-25-9-7-23)12-21-19(24)11-17-14-27-20(22-17)16-5-10-26-13-16/h5,10,13-15,18H,3-4,6-9,11-12H2,1-2H3,(H,21,24)/t18-/m0/s1. The van der Waals surface area contributed by atoms with Crippen molar-refractivity contribution in [1.82, 2.24) is 15.2 Å². The summed E-state index contributed by atoms with van der Waals surface area (Å²) in [6, 6.07) is 2.44. The van der Waals surface area contributed by atoms with Crippen LogP contribution in [0.1, 0.15) is 32.4 Å². The van der Waals surface area contributed by atoms with Crippen molar-refractivity contribution in [1.29, 1.82) is 0 Å². The number of nitrogens with zero attached hydrogens (tertiary/aromatic N) is 2. The molecule has 1 amide bonds. The molecule has 0 radical (unpaired) electrons. The second-order valence-electron chi connectivity index (χ2n) is 6.93. The predicted molar refractivity (Wildman–Crippen MR) is 112 cm³/mol. The van der Waals surface area contributed by atoms with Crippen molar-refractivity contribution in [2.45, 2.75) is 39.2 Å². The lowest BCUT2D eigenvalue weighted by Crippen LogP contribution is -2.52. The molecule has 0 spiro atoms. The number of ether oxygens (including phenoxy) is 1. The predicted octanol–water partition coefficient (Wildman–Crippen LogP) is 3.67. The number of carbonyl (C=O) groups is 1. The molecule has 0 unspecified atom stereocenters. The van der Waals surface area contributed by atoms with E-state index in [1.54, 1.807) is 22.7 Å². The van der Waals surface area contributed by atoms with Crippen molar-refractivity contribution in [3.63, 3.8) is 0 Å². The van der Waals surface area contributed by atoms with Gasteiger partial charge in [-0.3, -0.25) is 9.69 Å². The van der Waals surface area contributed by atoms with Crippen LogP contribution < -0.4 is 5.32 Å². The third-order valence-electron chi connectivity index (χ3n) is 5.28. The van der Waals surface area contributed by atoms with Gasteiger partial charge < -0.3 is 10.1 Å². The molecule has 0 saturated carbocycles. The van der Waals surface area contributed by atoms with Crippen molar-refractivity contribution in [3.8, 4) is 10.6 Å². The third kappa shape index (κ3) is 5.60. The molecular weight excluding hydrogens is 378 g/mol. The maximum Gasteiger partial charge on any atom is 0.226 e. The lowest BCUT2D eigenvalue weighted by molar-refractivity contribution is -0.121. The molecular formula is C20H29N3O2S2. The number of nitrogens with one attached hydrogen (secondary N) is 1. The minimum Gasteiger partial charge on any atom is -0.379 e. The summed E-state index contributed by atoms with van der Waals surface area (Å²) in [5.74, 6) is 0.647. The highest BCUT2D eigenvalue weighted by Gasteiger charge is 2.27. The fourth-order valence-corrected chi connectivity index (χ4v) is 5.22. The average molecular weight is 408 g/mol. The quantitative estimate of drug-likeness (QED) is 0.689. The summed E-state index contributed by atoms with van der Waals surface area (Å²) in [7, 11) is 0. The van der Waals surface area contributed by atoms with Gasteiger partial charge in [0.15, 0.2) is 0 Å². The third-order valence-corrected chi connectivity index (χ3v) is 6.90. The number of amides is 1. The molecule has 0 bridgehead atoms. The average Bonchev–Trinajstić information content (AvgIpc) is 3.37. The Balaban J connectivity index is 1.55. The van der Waals surface area contributed by atoms with Gasteiger partial charge in [-0.2, -0.15) is 11.3 Å². The highest BCUT2D eigenvalue weighted by Crippen LogP contribution is 2.26. The lowest BCUT2D eigenvalue weighted by Gasteiger charge is -2.38. The van der Waals surface area contributed by atoms with Gasteiger partial charge in [-0.25, -0.2) is 4.98 Å². The molecule has 5 nitrogen and oxygen atoms in total. The van der Waals surface area contributed by atoms with Crippen LogP contribution in [0.15, 0.2) is 22.2 Å². The van der Waals surface area contributed by atoms with Crippen LogP contribution in [0.25, 0.3) is 10.6 Å². The largest absolute Gasteiger partial charge is 0.379 e. The Morgan fingerprint density at radius 3 is 2.74 bits per heavy atom. The summed E-state index contributed by atoms with van der Waals surface area (Å²) in [6.45, 7) is 8.66. The second kappa shape index (κ2) is 10.3. The van der Waals surface area contributed by atoms with E-state index in [9.17, 15) is 4.79 Å². The first-order valence-electron chi connectivity index (χ1n) is 9.76. The van der Waals surface area contributed by atoms with Crippen LogP contribution in [-0.4, -0.2) is 54.7 Å². The fourth-order valence-electron chi connectivity index (χ4n) is 3.69. The van der Waals surface area contributed by atoms with Crippen molar-refractivity contribution >= 4 is 28.6 Å². The van der Waals surface area contributed by atoms with E-state index in [0.717, 1.165) is 55.4 Å². The molecule has 1 N–H and O–H groups in total. The molecule has 27 heavy (non-hydrogen) atoms. The van der Waals surface area contributed by atoms with E-state index in [1.165, 1.54) is 0 Å². The molecule has 1 atom stereocenters. The van der Waals surface area contributed by atoms with Crippen LogP contribution in [0.3, 0.4) is 0 Å². The topological polar surface area (TPSA) is 54.5 Å². The summed E-state index contributed by atoms with van der Waals surface area (Å²) in [5.41, 5.74) is 1.99. The number of carbonyl (C=O) groups excluding carboxylic acids is 1. The van der Waals surface area contributed by atoms with Gasteiger partial charge >= 0.3 is 0 Å². The van der Waals surface area contributed by atoms with E-state index in [-0.39, 0.29) is 5.91 Å². The second-order valence-corrected chi connectivity index (χ2v) is 8.57. The van der Waals surface area contributed by atoms with Gasteiger partial charge in [0.05, 0.1) is 25.3 Å². The Hall–Kier alpha value is -1.28. The maximum atomic E-state index is 12.5. The van der Waals surface area contributed by atoms with Crippen LogP contribution >= 0.6 is 22.7 Å². The molecule has 3 heterocycles. The molecule has 3 rings (SSSR count). The highest BCUT2D eigenvalue weighted by molar-refractivity contribution is 7.14. The van der Waals surface area contributed by atoms with Crippen molar-refractivity contribution in [2.75, 3.05) is 32.8 Å². The summed E-state index contributed by atoms with van der Waals surface area (Å²) in [4.78, 5) is 19.6. The first kappa shape index (κ1) is 20.5. The zero-order valence-electron chi connectivity index (χ0n) is 16.1. The summed E-state index contributed by atoms with van der Waals surface area (Å²) >= 11 is 3.27. The lowest BCUT2D eigenvalue weighted by atomic mass is 9.92. The highest BCUT2D eigenvalue weighted by atomic mass is 32.1. The van der Waals surface area contributed by atoms with Gasteiger partial charge in [0.25, 0.3) is 0 Å². The monoisotopic (exact) mass is 407 g/mol. The van der Waals surface area contributed by atoms with Crippen molar-refractivity contribution < 1.29 is 9.53 Å². The van der Waals surface area contributed by atoms with Crippen LogP contribution in [0, 0.1) is 5.92 Å². The Bertz CT molecular complexity index is 692. The molecule has 0 aliphatic carbocycles. The van der Waals surface area contributed by atoms with Crippen LogP contribution in [0.5, 0.6) is 0 Å². The molecule has 1 saturated heterocycles. The number of hydrogen-bond donors (Lipinski definition) is 1. The number of thiazole rings is 1. The van der Waals surface area contributed by atoms with Crippen LogP contribution in [0.4, 0.5) is 0 Å². The summed E-state index contributed by atoms with van der Waals surface area (Å²) < 4.78 is 5.50. The number of morpholine rings is 1. The van der Waals surface area contributed by atoms with Gasteiger partial charge in [-0.1, -0.05) is 26.7 Å². The Kier molecular flexibility index (Phi) is 7.81. The van der Waals surface area contributed by atoms with Gasteiger partial charge in [-0.05, 0) is 17.4 Å². The number of thiophene rings is 1. The van der Waals surface area contributed by atoms with Gasteiger partial charge in [-0.15, -0.1) is 11.3 Å². The minimum atomic E-state index is 0.0568. The molecule has 1 aliphatic heterocycles. The van der Waals surface area contributed by atoms with E-state index < -0.39 is 0 Å².